The van der Waals surface area contributed by atoms with Crippen molar-refractivity contribution in [2.45, 2.75) is 56.5 Å². The van der Waals surface area contributed by atoms with Gasteiger partial charge in [-0.2, -0.15) is 0 Å². The molecule has 6 nitrogen and oxygen atoms in total. The highest BCUT2D eigenvalue weighted by molar-refractivity contribution is 5.09. The Balaban J connectivity index is 2.00. The van der Waals surface area contributed by atoms with Crippen molar-refractivity contribution < 1.29 is 19.5 Å². The number of hydrogen-bond acceptors (Lipinski definition) is 5. The van der Waals surface area contributed by atoms with E-state index in [0.29, 0.717) is 26.1 Å². The van der Waals surface area contributed by atoms with Gasteiger partial charge in [0, 0.05) is 23.7 Å². The molecule has 1 spiro atoms. The molecule has 3 fully saturated rings. The lowest BCUT2D eigenvalue weighted by Gasteiger charge is -2.54. The van der Waals surface area contributed by atoms with E-state index in [1.165, 1.54) is 0 Å². The Hall–Kier alpha value is -0.720. The van der Waals surface area contributed by atoms with E-state index in [2.05, 4.69) is 0 Å². The van der Waals surface area contributed by atoms with Crippen LogP contribution in [0, 0.1) is 22.0 Å². The fraction of sp³-hybridized carbons (Fsp3) is 1.00. The summed E-state index contributed by atoms with van der Waals surface area (Å²) in [5.41, 5.74) is -1.30. The van der Waals surface area contributed by atoms with Crippen LogP contribution < -0.4 is 0 Å². The molecule has 1 aliphatic heterocycles. The molecule has 4 unspecified atom stereocenters. The molecule has 2 aliphatic carbocycles. The van der Waals surface area contributed by atoms with Gasteiger partial charge < -0.3 is 14.6 Å². The van der Waals surface area contributed by atoms with E-state index >= 15 is 0 Å². The third kappa shape index (κ3) is 1.73. The van der Waals surface area contributed by atoms with E-state index in [1.807, 2.05) is 6.92 Å². The van der Waals surface area contributed by atoms with Crippen LogP contribution in [-0.4, -0.2) is 40.7 Å². The molecule has 0 aromatic carbocycles. The van der Waals surface area contributed by atoms with Crippen LogP contribution in [-0.2, 0) is 9.47 Å². The Kier molecular flexibility index (Phi) is 3.07. The van der Waals surface area contributed by atoms with E-state index in [1.54, 1.807) is 0 Å². The highest BCUT2D eigenvalue weighted by atomic mass is 16.7. The van der Waals surface area contributed by atoms with Crippen molar-refractivity contribution in [3.63, 3.8) is 0 Å². The Labute approximate surface area is 112 Å². The zero-order chi connectivity index (χ0) is 13.7. The topological polar surface area (TPSA) is 81.8 Å². The fourth-order valence-electron chi connectivity index (χ4n) is 4.40. The highest BCUT2D eigenvalue weighted by Gasteiger charge is 2.67. The molecule has 1 heterocycles. The maximum Gasteiger partial charge on any atom is 0.242 e. The normalized spacial score (nSPS) is 45.1. The van der Waals surface area contributed by atoms with E-state index < -0.39 is 17.4 Å². The standard InChI is InChI=1S/C13H21NO5/c1-9-3-2-4-10-12(18-7-8-19-12)6-5-11(14(16)17)13(9,10)15/h9-11,15H,2-8H2,1H3. The van der Waals surface area contributed by atoms with Gasteiger partial charge in [0.15, 0.2) is 5.79 Å². The van der Waals surface area contributed by atoms with Crippen LogP contribution in [0.3, 0.4) is 0 Å². The lowest BCUT2D eigenvalue weighted by molar-refractivity contribution is -0.565. The van der Waals surface area contributed by atoms with Crippen LogP contribution in [0.25, 0.3) is 0 Å². The van der Waals surface area contributed by atoms with Gasteiger partial charge >= 0.3 is 0 Å². The lowest BCUT2D eigenvalue weighted by atomic mass is 9.58. The van der Waals surface area contributed by atoms with E-state index in [4.69, 9.17) is 9.47 Å². The number of hydrogen-bond donors (Lipinski definition) is 1. The number of rotatable bonds is 1. The summed E-state index contributed by atoms with van der Waals surface area (Å²) >= 11 is 0. The summed E-state index contributed by atoms with van der Waals surface area (Å²) in [6.45, 7) is 2.95. The number of nitro groups is 1. The maximum atomic E-state index is 11.3. The molecule has 0 aromatic heterocycles. The smallest absolute Gasteiger partial charge is 0.242 e. The molecule has 0 bridgehead atoms. The van der Waals surface area contributed by atoms with Gasteiger partial charge in [0.05, 0.1) is 13.2 Å². The van der Waals surface area contributed by atoms with Gasteiger partial charge in [-0.3, -0.25) is 10.1 Å². The van der Waals surface area contributed by atoms with Crippen molar-refractivity contribution in [1.29, 1.82) is 0 Å². The average Bonchev–Trinajstić information content (AvgIpc) is 2.81. The first-order chi connectivity index (χ1) is 9.01. The Morgan fingerprint density at radius 2 is 1.95 bits per heavy atom. The van der Waals surface area contributed by atoms with Gasteiger partial charge in [0.1, 0.15) is 5.60 Å². The molecule has 1 N–H and O–H groups in total. The third-order valence-electron chi connectivity index (χ3n) is 5.34. The second kappa shape index (κ2) is 4.40. The Morgan fingerprint density at radius 3 is 2.58 bits per heavy atom. The molecule has 108 valence electrons. The van der Waals surface area contributed by atoms with E-state index in [0.717, 1.165) is 19.3 Å². The van der Waals surface area contributed by atoms with Gasteiger partial charge in [-0.25, -0.2) is 0 Å². The summed E-state index contributed by atoms with van der Waals surface area (Å²) in [7, 11) is 0. The van der Waals surface area contributed by atoms with Gasteiger partial charge in [-0.15, -0.1) is 0 Å². The van der Waals surface area contributed by atoms with Crippen molar-refractivity contribution in [1.82, 2.24) is 0 Å². The molecule has 0 amide bonds. The molecular formula is C13H21NO5. The van der Waals surface area contributed by atoms with Crippen molar-refractivity contribution in [2.24, 2.45) is 11.8 Å². The van der Waals surface area contributed by atoms with Gasteiger partial charge in [-0.1, -0.05) is 13.3 Å². The second-order valence-electron chi connectivity index (χ2n) is 6.12. The first kappa shape index (κ1) is 13.3. The van der Waals surface area contributed by atoms with Gasteiger partial charge in [0.2, 0.25) is 6.04 Å². The van der Waals surface area contributed by atoms with Crippen LogP contribution in [0.15, 0.2) is 0 Å². The summed E-state index contributed by atoms with van der Waals surface area (Å²) in [6, 6.07) is -0.897. The minimum absolute atomic E-state index is 0.0911. The zero-order valence-electron chi connectivity index (χ0n) is 11.2. The van der Waals surface area contributed by atoms with Crippen LogP contribution in [0.5, 0.6) is 0 Å². The summed E-state index contributed by atoms with van der Waals surface area (Å²) < 4.78 is 11.6. The third-order valence-corrected chi connectivity index (χ3v) is 5.34. The molecule has 2 saturated carbocycles. The molecule has 1 saturated heterocycles. The Bertz CT molecular complexity index is 381. The fourth-order valence-corrected chi connectivity index (χ4v) is 4.40. The molecule has 0 aromatic rings. The van der Waals surface area contributed by atoms with Crippen LogP contribution in [0.2, 0.25) is 0 Å². The number of aliphatic hydroxyl groups is 1. The monoisotopic (exact) mass is 271 g/mol. The highest BCUT2D eigenvalue weighted by Crippen LogP contribution is 2.54. The SMILES string of the molecule is CC1CCCC2C3(CCC([N+](=O)[O-])C12O)OCCO3. The molecule has 0 radical (unpaired) electrons. The second-order valence-corrected chi connectivity index (χ2v) is 6.12. The zero-order valence-corrected chi connectivity index (χ0v) is 11.2. The lowest BCUT2D eigenvalue weighted by Crippen LogP contribution is -2.68. The van der Waals surface area contributed by atoms with Gasteiger partial charge in [-0.05, 0) is 18.8 Å². The summed E-state index contributed by atoms with van der Waals surface area (Å²) in [5, 5.41) is 22.4. The van der Waals surface area contributed by atoms with Crippen LogP contribution in [0.1, 0.15) is 39.0 Å². The van der Waals surface area contributed by atoms with Crippen LogP contribution in [0.4, 0.5) is 0 Å². The molecular weight excluding hydrogens is 250 g/mol. The summed E-state index contributed by atoms with van der Waals surface area (Å²) in [4.78, 5) is 11.0. The first-order valence-corrected chi connectivity index (χ1v) is 7.14. The van der Waals surface area contributed by atoms with Gasteiger partial charge in [0.25, 0.3) is 0 Å². The minimum Gasteiger partial charge on any atom is -0.382 e. The Morgan fingerprint density at radius 1 is 1.26 bits per heavy atom. The van der Waals surface area contributed by atoms with E-state index in [9.17, 15) is 15.2 Å². The largest absolute Gasteiger partial charge is 0.382 e. The van der Waals surface area contributed by atoms with Crippen molar-refractivity contribution in [2.75, 3.05) is 13.2 Å². The van der Waals surface area contributed by atoms with E-state index in [-0.39, 0.29) is 16.8 Å². The van der Waals surface area contributed by atoms with Crippen LogP contribution >= 0.6 is 0 Å². The maximum absolute atomic E-state index is 11.3. The number of ether oxygens (including phenoxy) is 2. The average molecular weight is 271 g/mol. The molecule has 6 heteroatoms. The quantitative estimate of drug-likeness (QED) is 0.575. The summed E-state index contributed by atoms with van der Waals surface area (Å²) in [5.74, 6) is -1.15. The minimum atomic E-state index is -1.30. The first-order valence-electron chi connectivity index (χ1n) is 7.14. The molecule has 19 heavy (non-hydrogen) atoms. The number of fused-ring (bicyclic) bond motifs is 2. The predicted octanol–water partition coefficient (Wildman–Crippen LogP) is 1.34. The number of nitrogens with zero attached hydrogens (tertiary/aromatic N) is 1. The van der Waals surface area contributed by atoms with Crippen molar-refractivity contribution >= 4 is 0 Å². The molecule has 3 aliphatic rings. The molecule has 3 rings (SSSR count). The van der Waals surface area contributed by atoms with Crippen molar-refractivity contribution in [3.8, 4) is 0 Å². The summed E-state index contributed by atoms with van der Waals surface area (Å²) in [6.07, 6.45) is 3.37. The van der Waals surface area contributed by atoms with Crippen molar-refractivity contribution in [3.05, 3.63) is 10.1 Å². The molecule has 4 atom stereocenters. The predicted molar refractivity (Wildman–Crippen MR) is 66.1 cm³/mol.